The lowest BCUT2D eigenvalue weighted by Gasteiger charge is -2.15. The second-order valence-electron chi connectivity index (χ2n) is 7.15. The molecule has 0 saturated heterocycles. The van der Waals surface area contributed by atoms with Gasteiger partial charge in [0, 0.05) is 5.69 Å². The molecule has 0 aliphatic carbocycles. The summed E-state index contributed by atoms with van der Waals surface area (Å²) in [5, 5.41) is 3.17. The van der Waals surface area contributed by atoms with Crippen LogP contribution in [0.4, 0.5) is 5.69 Å². The van der Waals surface area contributed by atoms with E-state index in [0.29, 0.717) is 11.3 Å². The Hall–Kier alpha value is -3.86. The first-order chi connectivity index (χ1) is 14.6. The number of rotatable bonds is 6. The van der Waals surface area contributed by atoms with E-state index in [0.717, 1.165) is 28.1 Å². The van der Waals surface area contributed by atoms with E-state index in [-0.39, 0.29) is 18.4 Å². The Morgan fingerprint density at radius 2 is 1.50 bits per heavy atom. The molecule has 3 aromatic carbocycles. The number of imide groups is 1. The molecule has 0 unspecified atom stereocenters. The van der Waals surface area contributed by atoms with Crippen molar-refractivity contribution < 1.29 is 14.3 Å². The van der Waals surface area contributed by atoms with Gasteiger partial charge in [-0.25, -0.2) is 0 Å². The fourth-order valence-electron chi connectivity index (χ4n) is 3.40. The van der Waals surface area contributed by atoms with Crippen LogP contribution in [0.25, 0.3) is 5.57 Å². The third-order valence-electron chi connectivity index (χ3n) is 5.05. The van der Waals surface area contributed by atoms with Crippen LogP contribution >= 0.6 is 0 Å². The molecule has 0 atom stereocenters. The van der Waals surface area contributed by atoms with Gasteiger partial charge in [-0.2, -0.15) is 0 Å². The minimum Gasteiger partial charge on any atom is -0.497 e. The molecular formula is C25H22N2O3. The maximum atomic E-state index is 13.3. The molecule has 1 N–H and O–H groups in total. The average molecular weight is 398 g/mol. The van der Waals surface area contributed by atoms with Gasteiger partial charge < -0.3 is 10.1 Å². The largest absolute Gasteiger partial charge is 0.497 e. The standard InChI is InChI=1S/C25H22N2O3/c1-17-8-12-19(13-9-17)22-23(26-20-6-4-3-5-7-20)25(29)27(24(22)28)16-18-10-14-21(30-2)15-11-18/h3-15,26H,16H2,1-2H3. The highest BCUT2D eigenvalue weighted by atomic mass is 16.5. The minimum absolute atomic E-state index is 0.191. The average Bonchev–Trinajstić information content (AvgIpc) is 3.00. The predicted molar refractivity (Wildman–Crippen MR) is 117 cm³/mol. The highest BCUT2D eigenvalue weighted by Crippen LogP contribution is 2.31. The number of benzene rings is 3. The molecule has 0 radical (unpaired) electrons. The first kappa shape index (κ1) is 19.5. The molecule has 4 rings (SSSR count). The SMILES string of the molecule is COc1ccc(CN2C(=O)C(Nc3ccccc3)=C(c3ccc(C)cc3)C2=O)cc1. The van der Waals surface area contributed by atoms with E-state index in [1.165, 1.54) is 4.90 Å². The number of nitrogens with one attached hydrogen (secondary N) is 1. The van der Waals surface area contributed by atoms with Crippen molar-refractivity contribution >= 4 is 23.1 Å². The smallest absolute Gasteiger partial charge is 0.278 e. The molecule has 5 heteroatoms. The Bertz CT molecular complexity index is 1100. The Labute approximate surface area is 175 Å². The van der Waals surface area contributed by atoms with Crippen molar-refractivity contribution in [3.63, 3.8) is 0 Å². The van der Waals surface area contributed by atoms with Crippen LogP contribution in [0.2, 0.25) is 0 Å². The van der Waals surface area contributed by atoms with Gasteiger partial charge in [0.2, 0.25) is 0 Å². The summed E-state index contributed by atoms with van der Waals surface area (Å²) in [6, 6.07) is 24.4. The van der Waals surface area contributed by atoms with Crippen LogP contribution in [0.5, 0.6) is 5.75 Å². The minimum atomic E-state index is -0.338. The number of amides is 2. The van der Waals surface area contributed by atoms with E-state index in [2.05, 4.69) is 5.32 Å². The van der Waals surface area contributed by atoms with Crippen LogP contribution in [0, 0.1) is 6.92 Å². The van der Waals surface area contributed by atoms with E-state index in [9.17, 15) is 9.59 Å². The Kier molecular flexibility index (Phi) is 5.35. The zero-order chi connectivity index (χ0) is 21.1. The van der Waals surface area contributed by atoms with Gasteiger partial charge in [-0.1, -0.05) is 60.2 Å². The number of methoxy groups -OCH3 is 1. The number of nitrogens with zero attached hydrogens (tertiary/aromatic N) is 1. The second kappa shape index (κ2) is 8.25. The van der Waals surface area contributed by atoms with E-state index in [1.807, 2.05) is 85.8 Å². The first-order valence-corrected chi connectivity index (χ1v) is 9.69. The van der Waals surface area contributed by atoms with Crippen LogP contribution < -0.4 is 10.1 Å². The molecule has 150 valence electrons. The van der Waals surface area contributed by atoms with E-state index in [1.54, 1.807) is 7.11 Å². The summed E-state index contributed by atoms with van der Waals surface area (Å²) in [4.78, 5) is 27.9. The quantitative estimate of drug-likeness (QED) is 0.626. The van der Waals surface area contributed by atoms with Gasteiger partial charge in [-0.3, -0.25) is 14.5 Å². The van der Waals surface area contributed by atoms with Crippen molar-refractivity contribution in [1.82, 2.24) is 4.90 Å². The van der Waals surface area contributed by atoms with Crippen LogP contribution in [-0.4, -0.2) is 23.8 Å². The monoisotopic (exact) mass is 398 g/mol. The van der Waals surface area contributed by atoms with Crippen molar-refractivity contribution in [2.24, 2.45) is 0 Å². The fourth-order valence-corrected chi connectivity index (χ4v) is 3.40. The molecule has 0 saturated carbocycles. The molecule has 0 bridgehead atoms. The van der Waals surface area contributed by atoms with E-state index in [4.69, 9.17) is 4.74 Å². The van der Waals surface area contributed by atoms with Crippen LogP contribution in [0.1, 0.15) is 16.7 Å². The molecule has 2 amide bonds. The van der Waals surface area contributed by atoms with Gasteiger partial charge >= 0.3 is 0 Å². The molecule has 30 heavy (non-hydrogen) atoms. The van der Waals surface area contributed by atoms with Crippen molar-refractivity contribution in [3.8, 4) is 5.75 Å². The van der Waals surface area contributed by atoms with Crippen molar-refractivity contribution in [1.29, 1.82) is 0 Å². The molecule has 0 fully saturated rings. The normalized spacial score (nSPS) is 13.7. The zero-order valence-electron chi connectivity index (χ0n) is 16.9. The molecule has 3 aromatic rings. The number of hydrogen-bond donors (Lipinski definition) is 1. The molecule has 0 spiro atoms. The number of para-hydroxylation sites is 1. The van der Waals surface area contributed by atoms with Crippen LogP contribution in [-0.2, 0) is 16.1 Å². The van der Waals surface area contributed by atoms with Crippen molar-refractivity contribution in [2.45, 2.75) is 13.5 Å². The topological polar surface area (TPSA) is 58.6 Å². The van der Waals surface area contributed by atoms with Crippen LogP contribution in [0.3, 0.4) is 0 Å². The Morgan fingerprint density at radius 1 is 0.833 bits per heavy atom. The molecule has 1 aliphatic heterocycles. The number of ether oxygens (including phenoxy) is 1. The number of carbonyl (C=O) groups is 2. The third-order valence-corrected chi connectivity index (χ3v) is 5.05. The fraction of sp³-hybridized carbons (Fsp3) is 0.120. The highest BCUT2D eigenvalue weighted by Gasteiger charge is 2.39. The highest BCUT2D eigenvalue weighted by molar-refractivity contribution is 6.36. The first-order valence-electron chi connectivity index (χ1n) is 9.69. The van der Waals surface area contributed by atoms with Crippen molar-refractivity contribution in [3.05, 3.63) is 101 Å². The maximum Gasteiger partial charge on any atom is 0.278 e. The molecule has 1 heterocycles. The van der Waals surface area contributed by atoms with Gasteiger partial charge in [0.25, 0.3) is 11.8 Å². The lowest BCUT2D eigenvalue weighted by atomic mass is 10.0. The van der Waals surface area contributed by atoms with Gasteiger partial charge in [0.15, 0.2) is 0 Å². The lowest BCUT2D eigenvalue weighted by Crippen LogP contribution is -2.32. The third kappa shape index (κ3) is 3.82. The van der Waals surface area contributed by atoms with Gasteiger partial charge in [-0.15, -0.1) is 0 Å². The summed E-state index contributed by atoms with van der Waals surface area (Å²) in [5.41, 5.74) is 4.09. The Balaban J connectivity index is 1.70. The second-order valence-corrected chi connectivity index (χ2v) is 7.15. The summed E-state index contributed by atoms with van der Waals surface area (Å²) in [7, 11) is 1.60. The number of hydrogen-bond acceptors (Lipinski definition) is 4. The van der Waals surface area contributed by atoms with Gasteiger partial charge in [0.1, 0.15) is 11.4 Å². The van der Waals surface area contributed by atoms with Gasteiger partial charge in [0.05, 0.1) is 19.2 Å². The summed E-state index contributed by atoms with van der Waals surface area (Å²) in [5.74, 6) is 0.0797. The number of aryl methyl sites for hydroxylation is 1. The number of carbonyl (C=O) groups excluding carboxylic acids is 2. The maximum absolute atomic E-state index is 13.3. The summed E-state index contributed by atoms with van der Waals surface area (Å²) < 4.78 is 5.18. The lowest BCUT2D eigenvalue weighted by molar-refractivity contribution is -0.137. The molecule has 1 aliphatic rings. The summed E-state index contributed by atoms with van der Waals surface area (Å²) >= 11 is 0. The molecular weight excluding hydrogens is 376 g/mol. The Morgan fingerprint density at radius 3 is 2.13 bits per heavy atom. The molecule has 5 nitrogen and oxygen atoms in total. The number of anilines is 1. The van der Waals surface area contributed by atoms with Gasteiger partial charge in [-0.05, 0) is 42.3 Å². The summed E-state index contributed by atoms with van der Waals surface area (Å²) in [6.45, 7) is 2.18. The van der Waals surface area contributed by atoms with Crippen LogP contribution in [0.15, 0.2) is 84.6 Å². The van der Waals surface area contributed by atoms with E-state index < -0.39 is 0 Å². The zero-order valence-corrected chi connectivity index (χ0v) is 16.9. The molecule has 0 aromatic heterocycles. The summed E-state index contributed by atoms with van der Waals surface area (Å²) in [6.07, 6.45) is 0. The van der Waals surface area contributed by atoms with E-state index >= 15 is 0 Å². The van der Waals surface area contributed by atoms with Crippen molar-refractivity contribution in [2.75, 3.05) is 12.4 Å². The predicted octanol–water partition coefficient (Wildman–Crippen LogP) is 4.40.